The Labute approximate surface area is 200 Å². The Morgan fingerprint density at radius 3 is 2.06 bits per heavy atom. The molecule has 0 radical (unpaired) electrons. The van der Waals surface area contributed by atoms with Gasteiger partial charge in [0.25, 0.3) is 5.91 Å². The van der Waals surface area contributed by atoms with Crippen LogP contribution in [0.25, 0.3) is 0 Å². The van der Waals surface area contributed by atoms with Crippen LogP contribution in [-0.2, 0) is 9.53 Å². The van der Waals surface area contributed by atoms with Crippen molar-refractivity contribution >= 4 is 17.6 Å². The quantitative estimate of drug-likeness (QED) is 0.398. The van der Waals surface area contributed by atoms with Crippen LogP contribution in [0.3, 0.4) is 0 Å². The summed E-state index contributed by atoms with van der Waals surface area (Å²) in [6.45, 7) is 16.6. The molecule has 0 heterocycles. The number of benzene rings is 1. The number of ether oxygens (including phenoxy) is 1. The molecule has 6 nitrogen and oxygen atoms in total. The molecule has 0 spiro atoms. The lowest BCUT2D eigenvalue weighted by atomic mass is 9.86. The molecular weight excluding hydrogens is 416 g/mol. The van der Waals surface area contributed by atoms with Crippen molar-refractivity contribution in [2.24, 2.45) is 11.8 Å². The van der Waals surface area contributed by atoms with E-state index in [1.165, 1.54) is 0 Å². The molecule has 186 valence electrons. The highest BCUT2D eigenvalue weighted by atomic mass is 16.5. The van der Waals surface area contributed by atoms with E-state index in [1.807, 2.05) is 34.6 Å². The molecule has 0 aliphatic rings. The van der Waals surface area contributed by atoms with Gasteiger partial charge in [-0.25, -0.2) is 0 Å². The lowest BCUT2D eigenvalue weighted by Gasteiger charge is -2.28. The molecule has 1 aromatic rings. The largest absolute Gasteiger partial charge is 0.376 e. The van der Waals surface area contributed by atoms with Crippen molar-refractivity contribution in [3.05, 3.63) is 35.4 Å². The molecule has 1 unspecified atom stereocenters. The van der Waals surface area contributed by atoms with Crippen LogP contribution >= 0.6 is 0 Å². The van der Waals surface area contributed by atoms with E-state index >= 15 is 0 Å². The van der Waals surface area contributed by atoms with Gasteiger partial charge in [-0.15, -0.1) is 0 Å². The summed E-state index contributed by atoms with van der Waals surface area (Å²) in [5, 5.41) is 5.59. The first-order valence-corrected chi connectivity index (χ1v) is 12.1. The molecule has 2 amide bonds. The minimum atomic E-state index is -0.444. The van der Waals surface area contributed by atoms with E-state index in [2.05, 4.69) is 31.4 Å². The van der Waals surface area contributed by atoms with Crippen LogP contribution < -0.4 is 10.6 Å². The second-order valence-corrected chi connectivity index (χ2v) is 10.9. The maximum Gasteiger partial charge on any atom is 0.251 e. The van der Waals surface area contributed by atoms with Gasteiger partial charge in [0, 0.05) is 29.2 Å². The zero-order chi connectivity index (χ0) is 25.2. The summed E-state index contributed by atoms with van der Waals surface area (Å²) in [6, 6.07) is 6.70. The Bertz CT molecular complexity index is 776. The summed E-state index contributed by atoms with van der Waals surface area (Å²) < 4.78 is 5.73. The number of ketones is 1. The van der Waals surface area contributed by atoms with Gasteiger partial charge in [-0.1, -0.05) is 39.3 Å². The predicted molar refractivity (Wildman–Crippen MR) is 134 cm³/mol. The lowest BCUT2D eigenvalue weighted by Crippen LogP contribution is -2.48. The van der Waals surface area contributed by atoms with Crippen molar-refractivity contribution < 1.29 is 19.1 Å². The molecule has 2 N–H and O–H groups in total. The smallest absolute Gasteiger partial charge is 0.251 e. The standard InChI is InChI=1S/C27H44N2O4/c1-9-10-22(17-19(2)3)24(31)20-11-13-21(14-12-20)25(32)28-18-23(30)29-27(7,8)15-16-33-26(4,5)6/h11-14,19,22H,9-10,15-18H2,1-8H3,(H,28,32)(H,29,30). The fraction of sp³-hybridized carbons (Fsp3) is 0.667. The van der Waals surface area contributed by atoms with E-state index in [1.54, 1.807) is 24.3 Å². The normalized spacial score (nSPS) is 13.0. The average molecular weight is 461 g/mol. The van der Waals surface area contributed by atoms with Gasteiger partial charge in [0.1, 0.15) is 0 Å². The van der Waals surface area contributed by atoms with Crippen molar-refractivity contribution in [1.29, 1.82) is 0 Å². The minimum Gasteiger partial charge on any atom is -0.376 e. The van der Waals surface area contributed by atoms with E-state index in [9.17, 15) is 14.4 Å². The summed E-state index contributed by atoms with van der Waals surface area (Å²) in [7, 11) is 0. The second-order valence-electron chi connectivity index (χ2n) is 10.9. The molecule has 1 aromatic carbocycles. The topological polar surface area (TPSA) is 84.5 Å². The number of rotatable bonds is 13. The summed E-state index contributed by atoms with van der Waals surface area (Å²) in [5.41, 5.74) is 0.385. The van der Waals surface area contributed by atoms with E-state index in [4.69, 9.17) is 4.74 Å². The summed E-state index contributed by atoms with van der Waals surface area (Å²) in [6.07, 6.45) is 3.36. The summed E-state index contributed by atoms with van der Waals surface area (Å²) in [4.78, 5) is 37.6. The van der Waals surface area contributed by atoms with Crippen molar-refractivity contribution in [2.45, 2.75) is 92.2 Å². The third-order valence-electron chi connectivity index (χ3n) is 5.34. The average Bonchev–Trinajstić information content (AvgIpc) is 2.69. The Balaban J connectivity index is 2.59. The van der Waals surface area contributed by atoms with Gasteiger partial charge in [0.05, 0.1) is 12.1 Å². The summed E-state index contributed by atoms with van der Waals surface area (Å²) in [5.74, 6) is 0.0000756. The number of hydrogen-bond acceptors (Lipinski definition) is 4. The summed E-state index contributed by atoms with van der Waals surface area (Å²) >= 11 is 0. The minimum absolute atomic E-state index is 0.00975. The van der Waals surface area contributed by atoms with Crippen molar-refractivity contribution in [2.75, 3.05) is 13.2 Å². The number of hydrogen-bond donors (Lipinski definition) is 2. The lowest BCUT2D eigenvalue weighted by molar-refractivity contribution is -0.122. The molecule has 1 rings (SSSR count). The van der Waals surface area contributed by atoms with E-state index in [0.29, 0.717) is 30.1 Å². The van der Waals surface area contributed by atoms with Crippen LogP contribution in [0.15, 0.2) is 24.3 Å². The Kier molecular flexibility index (Phi) is 11.2. The molecular formula is C27H44N2O4. The van der Waals surface area contributed by atoms with Crippen LogP contribution in [0.4, 0.5) is 0 Å². The van der Waals surface area contributed by atoms with Gasteiger partial charge in [0.15, 0.2) is 5.78 Å². The van der Waals surface area contributed by atoms with Crippen LogP contribution in [0.5, 0.6) is 0 Å². The van der Waals surface area contributed by atoms with Gasteiger partial charge >= 0.3 is 0 Å². The third kappa shape index (κ3) is 11.5. The highest BCUT2D eigenvalue weighted by Gasteiger charge is 2.23. The number of Topliss-reactive ketones (excluding diaryl/α,β-unsaturated/α-hetero) is 1. The number of amides is 2. The molecule has 0 fully saturated rings. The third-order valence-corrected chi connectivity index (χ3v) is 5.34. The van der Waals surface area contributed by atoms with Crippen LogP contribution in [0.2, 0.25) is 0 Å². The maximum absolute atomic E-state index is 12.9. The van der Waals surface area contributed by atoms with Crippen LogP contribution in [0.1, 0.15) is 102 Å². The van der Waals surface area contributed by atoms with Gasteiger partial charge in [-0.2, -0.15) is 0 Å². The van der Waals surface area contributed by atoms with E-state index in [-0.39, 0.29) is 35.7 Å². The number of carbonyl (C=O) groups excluding carboxylic acids is 3. The van der Waals surface area contributed by atoms with Crippen LogP contribution in [0, 0.1) is 11.8 Å². The Morgan fingerprint density at radius 1 is 0.970 bits per heavy atom. The Hall–Kier alpha value is -2.21. The Morgan fingerprint density at radius 2 is 1.55 bits per heavy atom. The van der Waals surface area contributed by atoms with E-state index in [0.717, 1.165) is 19.3 Å². The fourth-order valence-corrected chi connectivity index (χ4v) is 3.65. The second kappa shape index (κ2) is 12.9. The molecule has 0 saturated heterocycles. The molecule has 6 heteroatoms. The molecule has 0 aliphatic carbocycles. The van der Waals surface area contributed by atoms with Gasteiger partial charge in [-0.3, -0.25) is 14.4 Å². The highest BCUT2D eigenvalue weighted by Crippen LogP contribution is 2.22. The van der Waals surface area contributed by atoms with Crippen LogP contribution in [-0.4, -0.2) is 41.9 Å². The highest BCUT2D eigenvalue weighted by molar-refractivity contribution is 6.00. The molecule has 0 aliphatic heterocycles. The molecule has 0 bridgehead atoms. The fourth-order valence-electron chi connectivity index (χ4n) is 3.65. The number of carbonyl (C=O) groups is 3. The van der Waals surface area contributed by atoms with Gasteiger partial charge in [0.2, 0.25) is 5.91 Å². The number of nitrogens with one attached hydrogen (secondary N) is 2. The first-order valence-electron chi connectivity index (χ1n) is 12.1. The first-order chi connectivity index (χ1) is 15.2. The molecule has 0 saturated carbocycles. The van der Waals surface area contributed by atoms with Crippen molar-refractivity contribution in [1.82, 2.24) is 10.6 Å². The van der Waals surface area contributed by atoms with Crippen molar-refractivity contribution in [3.63, 3.8) is 0 Å². The SMILES string of the molecule is CCCC(CC(C)C)C(=O)c1ccc(C(=O)NCC(=O)NC(C)(C)CCOC(C)(C)C)cc1. The molecule has 33 heavy (non-hydrogen) atoms. The monoisotopic (exact) mass is 460 g/mol. The zero-order valence-electron chi connectivity index (χ0n) is 21.8. The predicted octanol–water partition coefficient (Wildman–Crippen LogP) is 5.16. The van der Waals surface area contributed by atoms with E-state index < -0.39 is 5.54 Å². The van der Waals surface area contributed by atoms with Gasteiger partial charge < -0.3 is 15.4 Å². The van der Waals surface area contributed by atoms with Gasteiger partial charge in [-0.05, 0) is 71.9 Å². The maximum atomic E-state index is 12.9. The molecule has 0 aromatic heterocycles. The molecule has 1 atom stereocenters. The first kappa shape index (κ1) is 28.8. The zero-order valence-corrected chi connectivity index (χ0v) is 21.8. The van der Waals surface area contributed by atoms with Crippen molar-refractivity contribution in [3.8, 4) is 0 Å².